The van der Waals surface area contributed by atoms with Gasteiger partial charge in [0, 0.05) is 0 Å². The maximum atomic E-state index is 13.4. The number of carbonyl (C=O) groups is 2. The number of rotatable bonds is 5. The van der Waals surface area contributed by atoms with Crippen molar-refractivity contribution >= 4 is 34.8 Å². The van der Waals surface area contributed by atoms with E-state index in [2.05, 4.69) is 0 Å². The van der Waals surface area contributed by atoms with Crippen LogP contribution in [-0.2, 0) is 15.3 Å². The second-order valence-corrected chi connectivity index (χ2v) is 8.22. The fourth-order valence-electron chi connectivity index (χ4n) is 3.47. The largest absolute Gasteiger partial charge is 0.468 e. The minimum atomic E-state index is -0.286. The van der Waals surface area contributed by atoms with Crippen molar-refractivity contribution in [3.05, 3.63) is 93.8 Å². The average molecular weight is 404 g/mol. The number of anilines is 1. The van der Waals surface area contributed by atoms with Crippen LogP contribution in [-0.4, -0.2) is 11.8 Å². The summed E-state index contributed by atoms with van der Waals surface area (Å²) in [5.74, 6) is 0.672. The molecule has 29 heavy (non-hydrogen) atoms. The van der Waals surface area contributed by atoms with Crippen LogP contribution in [0.3, 0.4) is 0 Å². The van der Waals surface area contributed by atoms with Crippen molar-refractivity contribution in [2.24, 2.45) is 0 Å². The van der Waals surface area contributed by atoms with Crippen molar-refractivity contribution in [1.29, 1.82) is 0 Å². The fraction of sp³-hybridized carbons (Fsp3) is 0.167. The first-order valence-corrected chi connectivity index (χ1v) is 10.4. The van der Waals surface area contributed by atoms with E-state index >= 15 is 0 Å². The van der Waals surface area contributed by atoms with E-state index in [4.69, 9.17) is 4.42 Å². The zero-order valence-corrected chi connectivity index (χ0v) is 17.4. The number of carbonyl (C=O) groups excluding carboxylic acids is 2. The van der Waals surface area contributed by atoms with Gasteiger partial charge in [-0.3, -0.25) is 9.59 Å². The van der Waals surface area contributed by atoms with Crippen molar-refractivity contribution < 1.29 is 14.0 Å². The molecule has 0 spiro atoms. The van der Waals surface area contributed by atoms with E-state index in [0.29, 0.717) is 21.9 Å². The van der Waals surface area contributed by atoms with Gasteiger partial charge in [0.15, 0.2) is 0 Å². The van der Waals surface area contributed by atoms with E-state index in [1.54, 1.807) is 6.26 Å². The smallest absolute Gasteiger partial charge is 0.272 e. The maximum Gasteiger partial charge on any atom is 0.272 e. The van der Waals surface area contributed by atoms with Crippen LogP contribution in [0.5, 0.6) is 0 Å². The van der Waals surface area contributed by atoms with E-state index in [1.165, 1.54) is 16.7 Å². The summed E-state index contributed by atoms with van der Waals surface area (Å²) >= 11 is 1.34. The second kappa shape index (κ2) is 7.76. The molecule has 2 aromatic carbocycles. The first-order chi connectivity index (χ1) is 13.9. The Labute approximate surface area is 174 Å². The Morgan fingerprint density at radius 1 is 0.862 bits per heavy atom. The highest BCUT2D eigenvalue weighted by atomic mass is 32.2. The van der Waals surface area contributed by atoms with Gasteiger partial charge in [-0.25, -0.2) is 4.90 Å². The average Bonchev–Trinajstić information content (AvgIpc) is 3.26. The third-order valence-corrected chi connectivity index (χ3v) is 5.88. The van der Waals surface area contributed by atoms with Crippen LogP contribution in [0.1, 0.15) is 28.0 Å². The van der Waals surface area contributed by atoms with Gasteiger partial charge in [0.1, 0.15) is 5.76 Å². The van der Waals surface area contributed by atoms with Crippen LogP contribution in [0.25, 0.3) is 5.57 Å². The summed E-state index contributed by atoms with van der Waals surface area (Å²) in [5, 5.41) is 0. The first-order valence-electron chi connectivity index (χ1n) is 9.37. The van der Waals surface area contributed by atoms with Crippen molar-refractivity contribution in [3.63, 3.8) is 0 Å². The standard InChI is InChI=1S/C24H21NO3S/c1-15-6-8-18(9-7-15)21-22(29-14-20-5-4-10-28-20)24(27)25(23(21)26)19-12-16(2)11-17(3)13-19/h4-13H,14H2,1-3H3. The quantitative estimate of drug-likeness (QED) is 0.534. The van der Waals surface area contributed by atoms with Crippen LogP contribution < -0.4 is 4.90 Å². The minimum absolute atomic E-state index is 0.285. The molecule has 1 aliphatic heterocycles. The fourth-order valence-corrected chi connectivity index (χ4v) is 4.49. The Kier molecular flexibility index (Phi) is 5.16. The molecule has 0 fully saturated rings. The zero-order valence-electron chi connectivity index (χ0n) is 16.6. The zero-order chi connectivity index (χ0) is 20.5. The molecular weight excluding hydrogens is 382 g/mol. The monoisotopic (exact) mass is 403 g/mol. The van der Waals surface area contributed by atoms with Crippen molar-refractivity contribution in [3.8, 4) is 0 Å². The number of aryl methyl sites for hydroxylation is 3. The molecule has 0 bridgehead atoms. The summed E-state index contributed by atoms with van der Waals surface area (Å²) < 4.78 is 5.40. The molecule has 0 aliphatic carbocycles. The number of imide groups is 1. The van der Waals surface area contributed by atoms with Gasteiger partial charge < -0.3 is 4.42 Å². The number of thioether (sulfide) groups is 1. The minimum Gasteiger partial charge on any atom is -0.468 e. The predicted octanol–water partition coefficient (Wildman–Crippen LogP) is 5.42. The first kappa shape index (κ1) is 19.3. The number of nitrogens with zero attached hydrogens (tertiary/aromatic N) is 1. The summed E-state index contributed by atoms with van der Waals surface area (Å²) in [5.41, 5.74) is 4.93. The predicted molar refractivity (Wildman–Crippen MR) is 117 cm³/mol. The molecule has 0 saturated carbocycles. The highest BCUT2D eigenvalue weighted by Gasteiger charge is 2.40. The van der Waals surface area contributed by atoms with E-state index in [1.807, 2.05) is 75.4 Å². The number of furan rings is 1. The van der Waals surface area contributed by atoms with Crippen LogP contribution in [0.15, 0.2) is 70.2 Å². The second-order valence-electron chi connectivity index (χ2n) is 7.23. The van der Waals surface area contributed by atoms with Gasteiger partial charge in [-0.15, -0.1) is 11.8 Å². The van der Waals surface area contributed by atoms with Crippen molar-refractivity contribution in [2.45, 2.75) is 26.5 Å². The van der Waals surface area contributed by atoms with E-state index in [-0.39, 0.29) is 11.8 Å². The Morgan fingerprint density at radius 3 is 2.17 bits per heavy atom. The number of hydrogen-bond donors (Lipinski definition) is 0. The topological polar surface area (TPSA) is 50.5 Å². The highest BCUT2D eigenvalue weighted by Crippen LogP contribution is 2.40. The molecule has 2 heterocycles. The lowest BCUT2D eigenvalue weighted by atomic mass is 10.0. The summed E-state index contributed by atoms with van der Waals surface area (Å²) in [4.78, 5) is 28.5. The Balaban J connectivity index is 1.77. The molecule has 5 heteroatoms. The third-order valence-electron chi connectivity index (χ3n) is 4.79. The van der Waals surface area contributed by atoms with Crippen molar-refractivity contribution in [1.82, 2.24) is 0 Å². The van der Waals surface area contributed by atoms with Gasteiger partial charge in [-0.05, 0) is 61.7 Å². The van der Waals surface area contributed by atoms with Gasteiger partial charge >= 0.3 is 0 Å². The maximum absolute atomic E-state index is 13.4. The molecule has 0 saturated heterocycles. The lowest BCUT2D eigenvalue weighted by molar-refractivity contribution is -0.119. The molecule has 4 nitrogen and oxygen atoms in total. The lowest BCUT2D eigenvalue weighted by Crippen LogP contribution is -2.31. The molecule has 0 N–H and O–H groups in total. The molecular formula is C24H21NO3S. The molecule has 0 unspecified atom stereocenters. The number of hydrogen-bond acceptors (Lipinski definition) is 4. The summed E-state index contributed by atoms with van der Waals surface area (Å²) in [7, 11) is 0. The van der Waals surface area contributed by atoms with E-state index < -0.39 is 0 Å². The van der Waals surface area contributed by atoms with Crippen LogP contribution in [0, 0.1) is 20.8 Å². The van der Waals surface area contributed by atoms with Gasteiger partial charge in [-0.1, -0.05) is 35.9 Å². The number of benzene rings is 2. The number of amides is 2. The van der Waals surface area contributed by atoms with Gasteiger partial charge in [0.25, 0.3) is 11.8 Å². The Morgan fingerprint density at radius 2 is 1.55 bits per heavy atom. The molecule has 3 aromatic rings. The lowest BCUT2D eigenvalue weighted by Gasteiger charge is -2.16. The Bertz CT molecular complexity index is 1090. The Hall–Kier alpha value is -3.05. The molecule has 1 aliphatic rings. The van der Waals surface area contributed by atoms with Gasteiger partial charge in [0.05, 0.1) is 28.2 Å². The normalized spacial score (nSPS) is 14.2. The summed E-state index contributed by atoms with van der Waals surface area (Å²) in [6.07, 6.45) is 1.61. The SMILES string of the molecule is Cc1ccc(C2=C(SCc3ccco3)C(=O)N(c3cc(C)cc(C)c3)C2=O)cc1. The van der Waals surface area contributed by atoms with Crippen LogP contribution in [0.2, 0.25) is 0 Å². The van der Waals surface area contributed by atoms with Crippen LogP contribution in [0.4, 0.5) is 5.69 Å². The van der Waals surface area contributed by atoms with Gasteiger partial charge in [0.2, 0.25) is 0 Å². The molecule has 0 atom stereocenters. The molecule has 1 aromatic heterocycles. The van der Waals surface area contributed by atoms with Gasteiger partial charge in [-0.2, -0.15) is 0 Å². The van der Waals surface area contributed by atoms with E-state index in [0.717, 1.165) is 28.0 Å². The molecule has 2 amide bonds. The summed E-state index contributed by atoms with van der Waals surface area (Å²) in [6, 6.07) is 17.1. The summed E-state index contributed by atoms with van der Waals surface area (Å²) in [6.45, 7) is 5.92. The van der Waals surface area contributed by atoms with E-state index in [9.17, 15) is 9.59 Å². The van der Waals surface area contributed by atoms with Crippen molar-refractivity contribution in [2.75, 3.05) is 4.90 Å². The molecule has 0 radical (unpaired) electrons. The van der Waals surface area contributed by atoms with Crippen LogP contribution >= 0.6 is 11.8 Å². The highest BCUT2D eigenvalue weighted by molar-refractivity contribution is 8.03. The molecule has 4 rings (SSSR count). The molecule has 146 valence electrons. The third kappa shape index (κ3) is 3.78.